The molecule has 0 radical (unpaired) electrons. The molecule has 0 amide bonds. The smallest absolute Gasteiger partial charge is 0.115 e. The highest BCUT2D eigenvalue weighted by atomic mass is 16.3. The average Bonchev–Trinajstić information content (AvgIpc) is 2.55. The zero-order valence-corrected chi connectivity index (χ0v) is 12.9. The predicted octanol–water partition coefficient (Wildman–Crippen LogP) is 2.83. The van der Waals surface area contributed by atoms with Gasteiger partial charge >= 0.3 is 0 Å². The van der Waals surface area contributed by atoms with Crippen LogP contribution in [-0.4, -0.2) is 48.1 Å². The molecule has 2 aromatic rings. The fourth-order valence-electron chi connectivity index (χ4n) is 3.93. The summed E-state index contributed by atoms with van der Waals surface area (Å²) >= 11 is 0. The molecule has 0 aliphatic carbocycles. The number of phenols is 1. The second-order valence-electron chi connectivity index (χ2n) is 6.55. The average molecular weight is 294 g/mol. The molecule has 1 fully saturated rings. The first-order valence-electron chi connectivity index (χ1n) is 8.03. The van der Waals surface area contributed by atoms with Crippen molar-refractivity contribution in [2.45, 2.75) is 12.0 Å². The van der Waals surface area contributed by atoms with Crippen molar-refractivity contribution in [3.63, 3.8) is 0 Å². The minimum absolute atomic E-state index is 0.338. The molecule has 22 heavy (non-hydrogen) atoms. The lowest BCUT2D eigenvalue weighted by Gasteiger charge is -2.46. The first-order valence-corrected chi connectivity index (χ1v) is 8.03. The predicted molar refractivity (Wildman–Crippen MR) is 88.2 cm³/mol. The van der Waals surface area contributed by atoms with Crippen LogP contribution in [0.3, 0.4) is 0 Å². The fourth-order valence-corrected chi connectivity index (χ4v) is 3.93. The molecule has 3 nitrogen and oxygen atoms in total. The number of benzene rings is 2. The molecule has 2 atom stereocenters. The number of aromatic hydroxyl groups is 1. The highest BCUT2D eigenvalue weighted by Gasteiger charge is 2.36. The van der Waals surface area contributed by atoms with E-state index in [1.54, 1.807) is 12.1 Å². The molecule has 0 spiro atoms. The molecule has 3 heteroatoms. The summed E-state index contributed by atoms with van der Waals surface area (Å²) in [6.45, 7) is 4.45. The Hall–Kier alpha value is -1.84. The van der Waals surface area contributed by atoms with Crippen LogP contribution in [0.2, 0.25) is 0 Å². The van der Waals surface area contributed by atoms with E-state index in [0.29, 0.717) is 17.7 Å². The minimum atomic E-state index is 0.338. The van der Waals surface area contributed by atoms with Gasteiger partial charge in [-0.2, -0.15) is 0 Å². The van der Waals surface area contributed by atoms with Gasteiger partial charge < -0.3 is 10.0 Å². The molecule has 2 aliphatic heterocycles. The molecular formula is C19H22N2O. The standard InChI is InChI=1S/C19H22N2O/c1-20-10-11-21-12-18(14-6-8-15(22)9-7-14)16-4-2-3-5-17(16)19(21)13-20/h2-9,18-19,22H,10-13H2,1H3/t18-,19-/m0/s1. The summed E-state index contributed by atoms with van der Waals surface area (Å²) in [5, 5.41) is 9.55. The molecule has 114 valence electrons. The van der Waals surface area contributed by atoms with Crippen LogP contribution in [0.15, 0.2) is 48.5 Å². The third-order valence-electron chi connectivity index (χ3n) is 5.14. The van der Waals surface area contributed by atoms with Crippen molar-refractivity contribution >= 4 is 0 Å². The van der Waals surface area contributed by atoms with Gasteiger partial charge in [0.2, 0.25) is 0 Å². The van der Waals surface area contributed by atoms with Crippen molar-refractivity contribution in [3.05, 3.63) is 65.2 Å². The van der Waals surface area contributed by atoms with Gasteiger partial charge in [0, 0.05) is 38.1 Å². The van der Waals surface area contributed by atoms with Crippen molar-refractivity contribution in [2.24, 2.45) is 0 Å². The maximum absolute atomic E-state index is 9.55. The number of phenolic OH excluding ortho intramolecular Hbond substituents is 1. The molecule has 1 N–H and O–H groups in total. The van der Waals surface area contributed by atoms with Crippen LogP contribution in [0.1, 0.15) is 28.7 Å². The van der Waals surface area contributed by atoms with E-state index in [9.17, 15) is 5.11 Å². The van der Waals surface area contributed by atoms with Gasteiger partial charge in [0.05, 0.1) is 0 Å². The van der Waals surface area contributed by atoms with Crippen molar-refractivity contribution < 1.29 is 5.11 Å². The Bertz CT molecular complexity index is 667. The Kier molecular flexibility index (Phi) is 3.40. The molecule has 0 bridgehead atoms. The SMILES string of the molecule is CN1CCN2C[C@@H](c3ccc(O)cc3)c3ccccc3[C@@H]2C1. The zero-order chi connectivity index (χ0) is 15.1. The number of likely N-dealkylation sites (N-methyl/N-ethyl adjacent to an activating group) is 1. The Morgan fingerprint density at radius 2 is 1.64 bits per heavy atom. The van der Waals surface area contributed by atoms with Crippen molar-refractivity contribution in [1.29, 1.82) is 0 Å². The van der Waals surface area contributed by atoms with Gasteiger partial charge in [-0.05, 0) is 35.9 Å². The zero-order valence-electron chi connectivity index (χ0n) is 12.9. The van der Waals surface area contributed by atoms with Crippen LogP contribution in [0.4, 0.5) is 0 Å². The van der Waals surface area contributed by atoms with Gasteiger partial charge in [0.15, 0.2) is 0 Å². The van der Waals surface area contributed by atoms with E-state index in [1.807, 2.05) is 0 Å². The summed E-state index contributed by atoms with van der Waals surface area (Å²) in [7, 11) is 2.21. The quantitative estimate of drug-likeness (QED) is 0.876. The van der Waals surface area contributed by atoms with Crippen molar-refractivity contribution in [2.75, 3.05) is 33.2 Å². The summed E-state index contributed by atoms with van der Waals surface area (Å²) in [6, 6.07) is 17.1. The van der Waals surface area contributed by atoms with Gasteiger partial charge in [0.1, 0.15) is 5.75 Å². The second kappa shape index (κ2) is 5.41. The normalized spacial score (nSPS) is 25.5. The highest BCUT2D eigenvalue weighted by Crippen LogP contribution is 2.40. The van der Waals surface area contributed by atoms with Crippen LogP contribution in [0.25, 0.3) is 0 Å². The molecule has 2 aromatic carbocycles. The van der Waals surface area contributed by atoms with Crippen LogP contribution < -0.4 is 0 Å². The van der Waals surface area contributed by atoms with Crippen LogP contribution in [0.5, 0.6) is 5.75 Å². The van der Waals surface area contributed by atoms with Gasteiger partial charge in [-0.3, -0.25) is 4.90 Å². The van der Waals surface area contributed by atoms with Crippen LogP contribution in [0, 0.1) is 0 Å². The molecule has 0 saturated carbocycles. The van der Waals surface area contributed by atoms with E-state index >= 15 is 0 Å². The lowest BCUT2D eigenvalue weighted by Crippen LogP contribution is -2.50. The van der Waals surface area contributed by atoms with Gasteiger partial charge in [-0.1, -0.05) is 36.4 Å². The number of fused-ring (bicyclic) bond motifs is 3. The summed E-state index contributed by atoms with van der Waals surface area (Å²) in [5.74, 6) is 0.738. The Morgan fingerprint density at radius 3 is 2.41 bits per heavy atom. The largest absolute Gasteiger partial charge is 0.508 e. The van der Waals surface area contributed by atoms with E-state index in [0.717, 1.165) is 26.2 Å². The number of rotatable bonds is 1. The fraction of sp³-hybridized carbons (Fsp3) is 0.368. The van der Waals surface area contributed by atoms with E-state index in [1.165, 1.54) is 16.7 Å². The molecule has 2 aliphatic rings. The number of hydrogen-bond acceptors (Lipinski definition) is 3. The lowest BCUT2D eigenvalue weighted by molar-refractivity contribution is 0.0772. The summed E-state index contributed by atoms with van der Waals surface area (Å²) in [6.07, 6.45) is 0. The Morgan fingerprint density at radius 1 is 0.909 bits per heavy atom. The molecule has 0 unspecified atom stereocenters. The summed E-state index contributed by atoms with van der Waals surface area (Å²) in [4.78, 5) is 5.05. The number of nitrogens with zero attached hydrogens (tertiary/aromatic N) is 2. The topological polar surface area (TPSA) is 26.7 Å². The van der Waals surface area contributed by atoms with Gasteiger partial charge in [-0.15, -0.1) is 0 Å². The highest BCUT2D eigenvalue weighted by molar-refractivity contribution is 5.43. The first kappa shape index (κ1) is 13.8. The third-order valence-corrected chi connectivity index (χ3v) is 5.14. The monoisotopic (exact) mass is 294 g/mol. The Labute approximate surface area is 131 Å². The van der Waals surface area contributed by atoms with E-state index in [-0.39, 0.29) is 0 Å². The first-order chi connectivity index (χ1) is 10.7. The van der Waals surface area contributed by atoms with E-state index in [4.69, 9.17) is 0 Å². The molecular weight excluding hydrogens is 272 g/mol. The molecule has 1 saturated heterocycles. The third kappa shape index (κ3) is 2.31. The molecule has 0 aromatic heterocycles. The number of hydrogen-bond donors (Lipinski definition) is 1. The summed E-state index contributed by atoms with van der Waals surface area (Å²) in [5.41, 5.74) is 4.21. The van der Waals surface area contributed by atoms with Crippen molar-refractivity contribution in [3.8, 4) is 5.75 Å². The number of piperazine rings is 1. The Balaban J connectivity index is 1.77. The second-order valence-corrected chi connectivity index (χ2v) is 6.55. The van der Waals surface area contributed by atoms with Gasteiger partial charge in [0.25, 0.3) is 0 Å². The van der Waals surface area contributed by atoms with Crippen molar-refractivity contribution in [1.82, 2.24) is 9.80 Å². The summed E-state index contributed by atoms with van der Waals surface area (Å²) < 4.78 is 0. The minimum Gasteiger partial charge on any atom is -0.508 e. The van der Waals surface area contributed by atoms with E-state index in [2.05, 4.69) is 53.2 Å². The lowest BCUT2D eigenvalue weighted by atomic mass is 9.80. The molecule has 4 rings (SSSR count). The maximum Gasteiger partial charge on any atom is 0.115 e. The molecule has 2 heterocycles. The van der Waals surface area contributed by atoms with Gasteiger partial charge in [-0.25, -0.2) is 0 Å². The van der Waals surface area contributed by atoms with Crippen LogP contribution >= 0.6 is 0 Å². The van der Waals surface area contributed by atoms with Crippen LogP contribution in [-0.2, 0) is 0 Å². The maximum atomic E-state index is 9.55. The van der Waals surface area contributed by atoms with E-state index < -0.39 is 0 Å².